The smallest absolute Gasteiger partial charge is 0.270 e. The third kappa shape index (κ3) is 2.98. The highest BCUT2D eigenvalue weighted by Gasteiger charge is 2.23. The van der Waals surface area contributed by atoms with E-state index in [9.17, 15) is 4.79 Å². The fraction of sp³-hybridized carbons (Fsp3) is 0.176. The lowest BCUT2D eigenvalue weighted by Crippen LogP contribution is -2.18. The third-order valence-electron chi connectivity index (χ3n) is 3.58. The average Bonchev–Trinajstić information content (AvgIpc) is 3.22. The summed E-state index contributed by atoms with van der Waals surface area (Å²) in [7, 11) is 0. The SMILES string of the molecule is O=C(Nc1ccn(Cc2ccccc2)n1)c1scc2c1OCCO2. The Morgan fingerprint density at radius 2 is 2.04 bits per heavy atom. The number of hydrogen-bond donors (Lipinski definition) is 1. The largest absolute Gasteiger partial charge is 0.485 e. The molecule has 0 saturated carbocycles. The van der Waals surface area contributed by atoms with Crippen LogP contribution in [0.25, 0.3) is 0 Å². The molecule has 1 amide bonds. The van der Waals surface area contributed by atoms with E-state index in [0.717, 1.165) is 5.56 Å². The van der Waals surface area contributed by atoms with Crippen molar-refractivity contribution in [2.75, 3.05) is 18.5 Å². The molecule has 1 aliphatic rings. The number of anilines is 1. The Balaban J connectivity index is 1.46. The lowest BCUT2D eigenvalue weighted by atomic mass is 10.2. The monoisotopic (exact) mass is 341 g/mol. The van der Waals surface area contributed by atoms with Crippen molar-refractivity contribution in [3.63, 3.8) is 0 Å². The van der Waals surface area contributed by atoms with Gasteiger partial charge in [-0.1, -0.05) is 30.3 Å². The van der Waals surface area contributed by atoms with Gasteiger partial charge >= 0.3 is 0 Å². The minimum absolute atomic E-state index is 0.239. The Bertz CT molecular complexity index is 857. The van der Waals surface area contributed by atoms with Crippen molar-refractivity contribution >= 4 is 23.1 Å². The summed E-state index contributed by atoms with van der Waals surface area (Å²) in [5, 5.41) is 8.98. The molecule has 1 N–H and O–H groups in total. The molecule has 0 saturated heterocycles. The summed E-state index contributed by atoms with van der Waals surface area (Å²) in [5.74, 6) is 1.42. The predicted molar refractivity (Wildman–Crippen MR) is 91.0 cm³/mol. The molecular weight excluding hydrogens is 326 g/mol. The highest BCUT2D eigenvalue weighted by Crippen LogP contribution is 2.39. The second-order valence-corrected chi connectivity index (χ2v) is 6.17. The maximum absolute atomic E-state index is 12.4. The first-order valence-electron chi connectivity index (χ1n) is 7.55. The van der Waals surface area contributed by atoms with Crippen LogP contribution in [0.15, 0.2) is 48.0 Å². The lowest BCUT2D eigenvalue weighted by Gasteiger charge is -2.15. The van der Waals surface area contributed by atoms with Crippen LogP contribution in [0.3, 0.4) is 0 Å². The zero-order chi connectivity index (χ0) is 16.4. The van der Waals surface area contributed by atoms with Crippen LogP contribution in [0.1, 0.15) is 15.2 Å². The number of carbonyl (C=O) groups excluding carboxylic acids is 1. The lowest BCUT2D eigenvalue weighted by molar-refractivity contribution is 0.102. The summed E-state index contributed by atoms with van der Waals surface area (Å²) >= 11 is 1.31. The molecule has 3 aromatic rings. The van der Waals surface area contributed by atoms with Gasteiger partial charge in [-0.3, -0.25) is 9.48 Å². The molecular formula is C17H15N3O3S. The molecule has 0 aliphatic carbocycles. The van der Waals surface area contributed by atoms with Crippen LogP contribution in [0.5, 0.6) is 11.5 Å². The minimum Gasteiger partial charge on any atom is -0.485 e. The van der Waals surface area contributed by atoms with Gasteiger partial charge in [-0.2, -0.15) is 5.10 Å². The van der Waals surface area contributed by atoms with Crippen molar-refractivity contribution in [1.82, 2.24) is 9.78 Å². The summed E-state index contributed by atoms with van der Waals surface area (Å²) in [6, 6.07) is 11.8. The summed E-state index contributed by atoms with van der Waals surface area (Å²) < 4.78 is 12.8. The fourth-order valence-electron chi connectivity index (χ4n) is 2.48. The summed E-state index contributed by atoms with van der Waals surface area (Å²) in [6.45, 7) is 1.62. The molecule has 1 aromatic carbocycles. The first-order valence-corrected chi connectivity index (χ1v) is 8.43. The second-order valence-electron chi connectivity index (χ2n) is 5.29. The maximum atomic E-state index is 12.4. The minimum atomic E-state index is -0.239. The van der Waals surface area contributed by atoms with Gasteiger partial charge in [0.05, 0.1) is 6.54 Å². The number of nitrogens with one attached hydrogen (secondary N) is 1. The highest BCUT2D eigenvalue weighted by molar-refractivity contribution is 7.13. The van der Waals surface area contributed by atoms with E-state index in [1.807, 2.05) is 36.5 Å². The van der Waals surface area contributed by atoms with E-state index in [4.69, 9.17) is 9.47 Å². The number of aromatic nitrogens is 2. The molecule has 24 heavy (non-hydrogen) atoms. The standard InChI is InChI=1S/C17H15N3O3S/c21-17(16-15-13(11-24-16)22-8-9-23-15)18-14-6-7-20(19-14)10-12-4-2-1-3-5-12/h1-7,11H,8-10H2,(H,18,19,21). The zero-order valence-corrected chi connectivity index (χ0v) is 13.6. The summed E-state index contributed by atoms with van der Waals surface area (Å²) in [4.78, 5) is 12.9. The number of ether oxygens (including phenoxy) is 2. The molecule has 1 aliphatic heterocycles. The van der Waals surface area contributed by atoms with Crippen LogP contribution in [-0.2, 0) is 6.54 Å². The number of hydrogen-bond acceptors (Lipinski definition) is 5. The molecule has 6 nitrogen and oxygen atoms in total. The summed E-state index contributed by atoms with van der Waals surface area (Å²) in [6.07, 6.45) is 1.84. The van der Waals surface area contributed by atoms with Crippen LogP contribution in [0.2, 0.25) is 0 Å². The van der Waals surface area contributed by atoms with Gasteiger partial charge < -0.3 is 14.8 Å². The maximum Gasteiger partial charge on any atom is 0.270 e. The first kappa shape index (κ1) is 14.8. The fourth-order valence-corrected chi connectivity index (χ4v) is 3.30. The predicted octanol–water partition coefficient (Wildman–Crippen LogP) is 3.02. The van der Waals surface area contributed by atoms with E-state index >= 15 is 0 Å². The van der Waals surface area contributed by atoms with Gasteiger partial charge in [-0.05, 0) is 5.56 Å². The molecule has 0 spiro atoms. The van der Waals surface area contributed by atoms with E-state index < -0.39 is 0 Å². The number of rotatable bonds is 4. The average molecular weight is 341 g/mol. The van der Waals surface area contributed by atoms with E-state index in [1.165, 1.54) is 11.3 Å². The summed E-state index contributed by atoms with van der Waals surface area (Å²) in [5.41, 5.74) is 1.15. The van der Waals surface area contributed by atoms with Crippen molar-refractivity contribution in [1.29, 1.82) is 0 Å². The Kier molecular flexibility index (Phi) is 3.92. The van der Waals surface area contributed by atoms with Crippen molar-refractivity contribution < 1.29 is 14.3 Å². The third-order valence-corrected chi connectivity index (χ3v) is 4.52. The molecule has 0 atom stereocenters. The van der Waals surface area contributed by atoms with Crippen molar-refractivity contribution in [2.24, 2.45) is 0 Å². The Hall–Kier alpha value is -2.80. The van der Waals surface area contributed by atoms with Crippen molar-refractivity contribution in [3.8, 4) is 11.5 Å². The number of benzene rings is 1. The van der Waals surface area contributed by atoms with Crippen LogP contribution in [0, 0.1) is 0 Å². The van der Waals surface area contributed by atoms with Gasteiger partial charge in [0.1, 0.15) is 18.1 Å². The van der Waals surface area contributed by atoms with Gasteiger partial charge in [0.15, 0.2) is 17.3 Å². The van der Waals surface area contributed by atoms with Crippen LogP contribution in [0.4, 0.5) is 5.82 Å². The van der Waals surface area contributed by atoms with Gasteiger partial charge in [0, 0.05) is 17.6 Å². The van der Waals surface area contributed by atoms with Gasteiger partial charge in [0.25, 0.3) is 5.91 Å². The van der Waals surface area contributed by atoms with Crippen LogP contribution in [-0.4, -0.2) is 28.9 Å². The number of amides is 1. The van der Waals surface area contributed by atoms with Crippen molar-refractivity contribution in [3.05, 3.63) is 58.4 Å². The van der Waals surface area contributed by atoms with E-state index in [1.54, 1.807) is 16.1 Å². The Labute approximate surface area is 142 Å². The first-order chi connectivity index (χ1) is 11.8. The zero-order valence-electron chi connectivity index (χ0n) is 12.8. The van der Waals surface area contributed by atoms with E-state index in [-0.39, 0.29) is 5.91 Å². The Morgan fingerprint density at radius 1 is 1.21 bits per heavy atom. The molecule has 0 radical (unpaired) electrons. The van der Waals surface area contributed by atoms with E-state index in [0.29, 0.717) is 42.0 Å². The molecule has 2 aromatic heterocycles. The molecule has 4 rings (SSSR count). The number of nitrogens with zero attached hydrogens (tertiary/aromatic N) is 2. The van der Waals surface area contributed by atoms with E-state index in [2.05, 4.69) is 10.4 Å². The molecule has 122 valence electrons. The number of thiophene rings is 1. The normalized spacial score (nSPS) is 12.8. The van der Waals surface area contributed by atoms with Crippen LogP contribution >= 0.6 is 11.3 Å². The quantitative estimate of drug-likeness (QED) is 0.792. The highest BCUT2D eigenvalue weighted by atomic mass is 32.1. The molecule has 0 bridgehead atoms. The van der Waals surface area contributed by atoms with Gasteiger partial charge in [-0.15, -0.1) is 11.3 Å². The van der Waals surface area contributed by atoms with Crippen LogP contribution < -0.4 is 14.8 Å². The molecule has 3 heterocycles. The van der Waals surface area contributed by atoms with Gasteiger partial charge in [0.2, 0.25) is 0 Å². The topological polar surface area (TPSA) is 65.4 Å². The van der Waals surface area contributed by atoms with Gasteiger partial charge in [-0.25, -0.2) is 0 Å². The Morgan fingerprint density at radius 3 is 2.92 bits per heavy atom. The molecule has 0 unspecified atom stereocenters. The second kappa shape index (κ2) is 6.37. The van der Waals surface area contributed by atoms with Crippen molar-refractivity contribution in [2.45, 2.75) is 6.54 Å². The molecule has 7 heteroatoms. The number of fused-ring (bicyclic) bond motifs is 1. The molecule has 0 fully saturated rings. The number of carbonyl (C=O) groups is 1.